The van der Waals surface area contributed by atoms with Gasteiger partial charge in [-0.05, 0) is 31.0 Å². The van der Waals surface area contributed by atoms with Crippen LogP contribution in [0.5, 0.6) is 11.5 Å². The highest BCUT2D eigenvalue weighted by Crippen LogP contribution is 2.35. The topological polar surface area (TPSA) is 80.1 Å². The van der Waals surface area contributed by atoms with Crippen LogP contribution in [0.3, 0.4) is 0 Å². The lowest BCUT2D eigenvalue weighted by Crippen LogP contribution is -2.22. The second-order valence-corrected chi connectivity index (χ2v) is 7.91. The molecule has 0 saturated carbocycles. The van der Waals surface area contributed by atoms with Gasteiger partial charge in [0, 0.05) is 39.7 Å². The predicted octanol–water partition coefficient (Wildman–Crippen LogP) is 5.94. The van der Waals surface area contributed by atoms with Crippen LogP contribution in [0.15, 0.2) is 40.9 Å². The Morgan fingerprint density at radius 1 is 1.07 bits per heavy atom. The minimum absolute atomic E-state index is 0.163. The first-order valence-electron chi connectivity index (χ1n) is 10.0. The summed E-state index contributed by atoms with van der Waals surface area (Å²) < 4.78 is 11.9. The van der Waals surface area contributed by atoms with Gasteiger partial charge in [-0.1, -0.05) is 41.9 Å². The zero-order valence-electron chi connectivity index (χ0n) is 17.8. The molecule has 158 valence electrons. The number of fused-ring (bicyclic) bond motifs is 1. The molecule has 1 unspecified atom stereocenters. The summed E-state index contributed by atoms with van der Waals surface area (Å²) in [4.78, 5) is 9.59. The Morgan fingerprint density at radius 2 is 1.73 bits per heavy atom. The SMILES string of the molecule is CCC(=N)C(CC)CNc1nc(-c2ccc(Br)cc2)nc2cc(OC)c(OC)cc12. The fourth-order valence-electron chi connectivity index (χ4n) is 3.34. The van der Waals surface area contributed by atoms with Crippen molar-refractivity contribution in [2.75, 3.05) is 26.1 Å². The van der Waals surface area contributed by atoms with E-state index in [1.165, 1.54) is 0 Å². The van der Waals surface area contributed by atoms with Crippen molar-refractivity contribution < 1.29 is 9.47 Å². The van der Waals surface area contributed by atoms with Gasteiger partial charge in [-0.3, -0.25) is 0 Å². The Hall–Kier alpha value is -2.67. The number of methoxy groups -OCH3 is 2. The quantitative estimate of drug-likeness (QED) is 0.378. The molecular weight excluding hydrogens is 444 g/mol. The van der Waals surface area contributed by atoms with Gasteiger partial charge in [0.25, 0.3) is 0 Å². The lowest BCUT2D eigenvalue weighted by Gasteiger charge is -2.18. The smallest absolute Gasteiger partial charge is 0.162 e. The standard InChI is InChI=1S/C23H27BrN4O2/c1-5-14(18(25)6-2)13-26-23-17-11-20(29-3)21(30-4)12-19(17)27-22(28-23)15-7-9-16(24)10-8-15/h7-12,14,25H,5-6,13H2,1-4H3,(H,26,27,28). The Labute approximate surface area is 185 Å². The first kappa shape index (κ1) is 22.0. The second-order valence-electron chi connectivity index (χ2n) is 6.99. The van der Waals surface area contributed by atoms with Gasteiger partial charge >= 0.3 is 0 Å². The minimum Gasteiger partial charge on any atom is -0.493 e. The first-order chi connectivity index (χ1) is 14.5. The van der Waals surface area contributed by atoms with Crippen molar-refractivity contribution in [3.05, 3.63) is 40.9 Å². The average Bonchev–Trinajstić information content (AvgIpc) is 2.78. The van der Waals surface area contributed by atoms with Gasteiger partial charge in [0.1, 0.15) is 5.82 Å². The van der Waals surface area contributed by atoms with Crippen molar-refractivity contribution in [2.24, 2.45) is 5.92 Å². The van der Waals surface area contributed by atoms with E-state index in [1.54, 1.807) is 14.2 Å². The van der Waals surface area contributed by atoms with E-state index in [2.05, 4.69) is 28.2 Å². The molecule has 3 aromatic rings. The van der Waals surface area contributed by atoms with Crippen molar-refractivity contribution in [2.45, 2.75) is 26.7 Å². The van der Waals surface area contributed by atoms with E-state index in [-0.39, 0.29) is 5.92 Å². The van der Waals surface area contributed by atoms with Crippen LogP contribution in [0.1, 0.15) is 26.7 Å². The van der Waals surface area contributed by atoms with Gasteiger partial charge < -0.3 is 20.2 Å². The third-order valence-electron chi connectivity index (χ3n) is 5.19. The molecule has 0 radical (unpaired) electrons. The zero-order valence-corrected chi connectivity index (χ0v) is 19.3. The number of hydrogen-bond donors (Lipinski definition) is 2. The van der Waals surface area contributed by atoms with Gasteiger partial charge in [0.05, 0.1) is 19.7 Å². The molecule has 3 rings (SSSR count). The number of aromatic nitrogens is 2. The van der Waals surface area contributed by atoms with Crippen LogP contribution in [0.4, 0.5) is 5.82 Å². The highest BCUT2D eigenvalue weighted by molar-refractivity contribution is 9.10. The highest BCUT2D eigenvalue weighted by atomic mass is 79.9. The summed E-state index contributed by atoms with van der Waals surface area (Å²) >= 11 is 3.47. The number of hydrogen-bond acceptors (Lipinski definition) is 6. The molecule has 1 heterocycles. The van der Waals surface area contributed by atoms with Gasteiger partial charge in [-0.15, -0.1) is 0 Å². The van der Waals surface area contributed by atoms with Gasteiger partial charge in [0.2, 0.25) is 0 Å². The van der Waals surface area contributed by atoms with Crippen LogP contribution in [-0.2, 0) is 0 Å². The molecule has 7 heteroatoms. The van der Waals surface area contributed by atoms with Crippen LogP contribution in [0.25, 0.3) is 22.3 Å². The lowest BCUT2D eigenvalue weighted by atomic mass is 9.98. The molecule has 0 aliphatic rings. The van der Waals surface area contributed by atoms with Crippen molar-refractivity contribution in [1.29, 1.82) is 5.41 Å². The third-order valence-corrected chi connectivity index (χ3v) is 5.71. The van der Waals surface area contributed by atoms with Crippen molar-refractivity contribution in [1.82, 2.24) is 9.97 Å². The van der Waals surface area contributed by atoms with Crippen LogP contribution >= 0.6 is 15.9 Å². The summed E-state index contributed by atoms with van der Waals surface area (Å²) in [5.41, 5.74) is 2.43. The number of rotatable bonds is 9. The van der Waals surface area contributed by atoms with E-state index < -0.39 is 0 Å². The van der Waals surface area contributed by atoms with E-state index >= 15 is 0 Å². The van der Waals surface area contributed by atoms with Gasteiger partial charge in [0.15, 0.2) is 17.3 Å². The highest BCUT2D eigenvalue weighted by Gasteiger charge is 2.16. The maximum Gasteiger partial charge on any atom is 0.162 e. The fraction of sp³-hybridized carbons (Fsp3) is 0.348. The van der Waals surface area contributed by atoms with Crippen LogP contribution < -0.4 is 14.8 Å². The molecule has 30 heavy (non-hydrogen) atoms. The molecule has 0 spiro atoms. The Kier molecular flexibility index (Phi) is 7.26. The molecule has 0 bridgehead atoms. The molecule has 1 atom stereocenters. The van der Waals surface area contributed by atoms with Crippen molar-refractivity contribution >= 4 is 38.4 Å². The monoisotopic (exact) mass is 470 g/mol. The normalized spacial score (nSPS) is 11.9. The van der Waals surface area contributed by atoms with E-state index in [0.717, 1.165) is 45.3 Å². The van der Waals surface area contributed by atoms with Crippen LogP contribution in [0.2, 0.25) is 0 Å². The molecule has 0 aliphatic heterocycles. The maximum atomic E-state index is 8.22. The van der Waals surface area contributed by atoms with Crippen molar-refractivity contribution in [3.8, 4) is 22.9 Å². The molecule has 2 N–H and O–H groups in total. The summed E-state index contributed by atoms with van der Waals surface area (Å²) in [6, 6.07) is 11.7. The summed E-state index contributed by atoms with van der Waals surface area (Å²) in [6.45, 7) is 4.77. The summed E-state index contributed by atoms with van der Waals surface area (Å²) in [5.74, 6) is 2.76. The molecule has 0 fully saturated rings. The van der Waals surface area contributed by atoms with E-state index in [1.807, 2.05) is 43.3 Å². The Morgan fingerprint density at radius 3 is 2.33 bits per heavy atom. The maximum absolute atomic E-state index is 8.22. The molecule has 6 nitrogen and oxygen atoms in total. The molecule has 1 aromatic heterocycles. The Bertz CT molecular complexity index is 1040. The lowest BCUT2D eigenvalue weighted by molar-refractivity contribution is 0.356. The third kappa shape index (κ3) is 4.73. The van der Waals surface area contributed by atoms with Gasteiger partial charge in [-0.2, -0.15) is 0 Å². The summed E-state index contributed by atoms with van der Waals surface area (Å²) in [7, 11) is 3.23. The predicted molar refractivity (Wildman–Crippen MR) is 126 cm³/mol. The average molecular weight is 471 g/mol. The largest absolute Gasteiger partial charge is 0.493 e. The van der Waals surface area contributed by atoms with Gasteiger partial charge in [-0.25, -0.2) is 9.97 Å². The zero-order chi connectivity index (χ0) is 21.7. The molecule has 0 aliphatic carbocycles. The molecule has 0 amide bonds. The first-order valence-corrected chi connectivity index (χ1v) is 10.8. The van der Waals surface area contributed by atoms with E-state index in [9.17, 15) is 0 Å². The molecule has 2 aromatic carbocycles. The number of ether oxygens (including phenoxy) is 2. The molecule has 0 saturated heterocycles. The summed E-state index contributed by atoms with van der Waals surface area (Å²) in [5, 5.41) is 12.5. The summed E-state index contributed by atoms with van der Waals surface area (Å²) in [6.07, 6.45) is 1.65. The Balaban J connectivity index is 2.10. The van der Waals surface area contributed by atoms with Crippen LogP contribution in [0, 0.1) is 11.3 Å². The van der Waals surface area contributed by atoms with E-state index in [0.29, 0.717) is 23.9 Å². The molecular formula is C23H27BrN4O2. The second kappa shape index (κ2) is 9.89. The van der Waals surface area contributed by atoms with Crippen molar-refractivity contribution in [3.63, 3.8) is 0 Å². The van der Waals surface area contributed by atoms with E-state index in [4.69, 9.17) is 24.9 Å². The number of benzene rings is 2. The number of nitrogens with one attached hydrogen (secondary N) is 2. The van der Waals surface area contributed by atoms with Crippen LogP contribution in [-0.4, -0.2) is 36.4 Å². The number of halogens is 1. The minimum atomic E-state index is 0.163. The number of nitrogens with zero attached hydrogens (tertiary/aromatic N) is 2. The number of anilines is 1. The fourth-order valence-corrected chi connectivity index (χ4v) is 3.61.